The van der Waals surface area contributed by atoms with Gasteiger partial charge < -0.3 is 10.5 Å². The number of aliphatic imine (C=N–C) groups is 1. The summed E-state index contributed by atoms with van der Waals surface area (Å²) < 4.78 is 6.37. The number of nitrogen functional groups attached to an aromatic ring is 1. The van der Waals surface area contributed by atoms with Gasteiger partial charge in [0.05, 0.1) is 18.5 Å². The molecule has 0 spiro atoms. The first-order chi connectivity index (χ1) is 12.1. The molecule has 1 aromatic heterocycles. The fourth-order valence-electron chi connectivity index (χ4n) is 2.36. The highest BCUT2D eigenvalue weighted by molar-refractivity contribution is 6.15. The second-order valence-corrected chi connectivity index (χ2v) is 5.15. The molecule has 7 nitrogen and oxygen atoms in total. The van der Waals surface area contributed by atoms with E-state index in [0.29, 0.717) is 17.1 Å². The molecule has 0 atom stereocenters. The Hall–Kier alpha value is -3.79. The van der Waals surface area contributed by atoms with Crippen LogP contribution in [0.3, 0.4) is 0 Å². The summed E-state index contributed by atoms with van der Waals surface area (Å²) in [6, 6.07) is 17.7. The van der Waals surface area contributed by atoms with Crippen LogP contribution in [0.15, 0.2) is 64.4 Å². The fourth-order valence-corrected chi connectivity index (χ4v) is 2.36. The molecule has 0 saturated heterocycles. The molecule has 0 amide bonds. The zero-order chi connectivity index (χ0) is 17.8. The summed E-state index contributed by atoms with van der Waals surface area (Å²) in [7, 11) is 1.56. The monoisotopic (exact) mass is 333 g/mol. The Bertz CT molecular complexity index is 1010. The van der Waals surface area contributed by atoms with Gasteiger partial charge >= 0.3 is 0 Å². The van der Waals surface area contributed by atoms with Gasteiger partial charge in [-0.3, -0.25) is 9.89 Å². The highest BCUT2D eigenvalue weighted by atomic mass is 16.5. The molecule has 3 N–H and O–H groups in total. The van der Waals surface area contributed by atoms with Crippen molar-refractivity contribution in [3.63, 3.8) is 0 Å². The average molecular weight is 333 g/mol. The molecule has 0 saturated carbocycles. The van der Waals surface area contributed by atoms with E-state index in [2.05, 4.69) is 10.1 Å². The van der Waals surface area contributed by atoms with Crippen molar-refractivity contribution in [1.29, 1.82) is 5.26 Å². The van der Waals surface area contributed by atoms with Crippen molar-refractivity contribution in [2.24, 2.45) is 4.99 Å². The molecule has 0 unspecified atom stereocenters. The van der Waals surface area contributed by atoms with E-state index in [0.717, 1.165) is 0 Å². The number of rotatable bonds is 4. The van der Waals surface area contributed by atoms with Crippen LogP contribution < -0.4 is 16.0 Å². The Morgan fingerprint density at radius 1 is 1.20 bits per heavy atom. The Morgan fingerprint density at radius 2 is 1.88 bits per heavy atom. The Labute approximate surface area is 143 Å². The first-order valence-electron chi connectivity index (χ1n) is 7.43. The largest absolute Gasteiger partial charge is 0.497 e. The number of ether oxygens (including phenoxy) is 1. The standard InChI is InChI=1S/C18H15N5O2/c1-25-14-9-7-12(8-10-14)21-15(11-19)16-17(20)22-23(18(16)24)13-5-3-2-4-6-13/h2-10,22H,20H2,1H3. The molecule has 0 aliphatic carbocycles. The summed E-state index contributed by atoms with van der Waals surface area (Å²) in [6.45, 7) is 0. The van der Waals surface area contributed by atoms with Gasteiger partial charge in [-0.2, -0.15) is 5.26 Å². The minimum absolute atomic E-state index is 0.0437. The van der Waals surface area contributed by atoms with Gasteiger partial charge in [0.15, 0.2) is 5.71 Å². The maximum Gasteiger partial charge on any atom is 0.283 e. The van der Waals surface area contributed by atoms with Crippen LogP contribution in [0.5, 0.6) is 5.75 Å². The lowest BCUT2D eigenvalue weighted by Crippen LogP contribution is -2.20. The minimum atomic E-state index is -0.433. The second kappa shape index (κ2) is 6.76. The van der Waals surface area contributed by atoms with E-state index in [4.69, 9.17) is 10.5 Å². The highest BCUT2D eigenvalue weighted by Crippen LogP contribution is 2.19. The Morgan fingerprint density at radius 3 is 2.48 bits per heavy atom. The van der Waals surface area contributed by atoms with Crippen molar-refractivity contribution in [2.75, 3.05) is 12.8 Å². The molecule has 3 rings (SSSR count). The van der Waals surface area contributed by atoms with Crippen molar-refractivity contribution in [3.05, 3.63) is 70.5 Å². The molecule has 25 heavy (non-hydrogen) atoms. The van der Waals surface area contributed by atoms with Gasteiger partial charge in [0.1, 0.15) is 23.2 Å². The average Bonchev–Trinajstić information content (AvgIpc) is 2.95. The van der Waals surface area contributed by atoms with Crippen LogP contribution in [0, 0.1) is 11.3 Å². The summed E-state index contributed by atoms with van der Waals surface area (Å²) in [5, 5.41) is 12.2. The first-order valence-corrected chi connectivity index (χ1v) is 7.43. The first kappa shape index (κ1) is 16.1. The van der Waals surface area contributed by atoms with Crippen molar-refractivity contribution in [1.82, 2.24) is 9.78 Å². The van der Waals surface area contributed by atoms with Gasteiger partial charge in [-0.05, 0) is 36.4 Å². The zero-order valence-corrected chi connectivity index (χ0v) is 13.4. The van der Waals surface area contributed by atoms with Gasteiger partial charge in [0.2, 0.25) is 0 Å². The van der Waals surface area contributed by atoms with E-state index in [9.17, 15) is 10.1 Å². The van der Waals surface area contributed by atoms with Gasteiger partial charge in [-0.25, -0.2) is 9.67 Å². The number of H-pyrrole nitrogens is 1. The molecule has 0 aliphatic heterocycles. The summed E-state index contributed by atoms with van der Waals surface area (Å²) in [5.74, 6) is 0.757. The third kappa shape index (κ3) is 3.14. The van der Waals surface area contributed by atoms with Gasteiger partial charge in [0, 0.05) is 0 Å². The molecular weight excluding hydrogens is 318 g/mol. The van der Waals surface area contributed by atoms with Crippen LogP contribution in [-0.2, 0) is 0 Å². The topological polar surface area (TPSA) is 109 Å². The summed E-state index contributed by atoms with van der Waals surface area (Å²) in [5.41, 5.74) is 6.62. The third-order valence-corrected chi connectivity index (χ3v) is 3.59. The number of aromatic amines is 1. The van der Waals surface area contributed by atoms with Crippen molar-refractivity contribution in [2.45, 2.75) is 0 Å². The Kier molecular flexibility index (Phi) is 4.35. The quantitative estimate of drug-likeness (QED) is 0.714. The number of hydrogen-bond acceptors (Lipinski definition) is 5. The van der Waals surface area contributed by atoms with E-state index in [1.807, 2.05) is 12.1 Å². The Balaban J connectivity index is 2.07. The van der Waals surface area contributed by atoms with Crippen LogP contribution in [0.2, 0.25) is 0 Å². The normalized spacial score (nSPS) is 11.1. The maximum atomic E-state index is 12.7. The number of aromatic nitrogens is 2. The zero-order valence-electron chi connectivity index (χ0n) is 13.4. The lowest BCUT2D eigenvalue weighted by Gasteiger charge is -2.00. The van der Waals surface area contributed by atoms with Crippen LogP contribution in [0.1, 0.15) is 5.56 Å². The molecule has 7 heteroatoms. The van der Waals surface area contributed by atoms with E-state index in [1.165, 1.54) is 4.68 Å². The van der Waals surface area contributed by atoms with Crippen LogP contribution in [-0.4, -0.2) is 22.6 Å². The second-order valence-electron chi connectivity index (χ2n) is 5.15. The SMILES string of the molecule is COc1ccc(N=C(C#N)c2c(N)[nH]n(-c3ccccc3)c2=O)cc1. The van der Waals surface area contributed by atoms with Gasteiger partial charge in [0.25, 0.3) is 5.56 Å². The predicted octanol–water partition coefficient (Wildman–Crippen LogP) is 2.40. The minimum Gasteiger partial charge on any atom is -0.497 e. The van der Waals surface area contributed by atoms with Crippen molar-refractivity contribution in [3.8, 4) is 17.5 Å². The van der Waals surface area contributed by atoms with E-state index >= 15 is 0 Å². The predicted molar refractivity (Wildman–Crippen MR) is 95.6 cm³/mol. The molecule has 0 radical (unpaired) electrons. The molecule has 1 heterocycles. The number of para-hydroxylation sites is 1. The lowest BCUT2D eigenvalue weighted by atomic mass is 10.2. The fraction of sp³-hybridized carbons (Fsp3) is 0.0556. The number of nitrogens with two attached hydrogens (primary N) is 1. The molecule has 0 fully saturated rings. The number of methoxy groups -OCH3 is 1. The summed E-state index contributed by atoms with van der Waals surface area (Å²) >= 11 is 0. The van der Waals surface area contributed by atoms with E-state index in [1.54, 1.807) is 55.6 Å². The molecule has 0 aliphatic rings. The maximum absolute atomic E-state index is 12.7. The van der Waals surface area contributed by atoms with Crippen LogP contribution in [0.25, 0.3) is 5.69 Å². The number of nitriles is 1. The smallest absolute Gasteiger partial charge is 0.283 e. The van der Waals surface area contributed by atoms with Gasteiger partial charge in [-0.15, -0.1) is 0 Å². The number of hydrogen-bond donors (Lipinski definition) is 2. The highest BCUT2D eigenvalue weighted by Gasteiger charge is 2.18. The molecule has 2 aromatic carbocycles. The van der Waals surface area contributed by atoms with Crippen molar-refractivity contribution >= 4 is 17.2 Å². The lowest BCUT2D eigenvalue weighted by molar-refractivity contribution is 0.415. The number of nitrogens with one attached hydrogen (secondary N) is 1. The van der Waals surface area contributed by atoms with E-state index in [-0.39, 0.29) is 17.1 Å². The molecule has 0 bridgehead atoms. The number of benzene rings is 2. The summed E-state index contributed by atoms with van der Waals surface area (Å²) in [6.07, 6.45) is 0. The van der Waals surface area contributed by atoms with E-state index < -0.39 is 5.56 Å². The molecular formula is C18H15N5O2. The number of nitrogens with zero attached hydrogens (tertiary/aromatic N) is 3. The van der Waals surface area contributed by atoms with Gasteiger partial charge in [-0.1, -0.05) is 18.2 Å². The van der Waals surface area contributed by atoms with Crippen LogP contribution >= 0.6 is 0 Å². The number of anilines is 1. The third-order valence-electron chi connectivity index (χ3n) is 3.59. The van der Waals surface area contributed by atoms with Crippen LogP contribution in [0.4, 0.5) is 11.5 Å². The van der Waals surface area contributed by atoms with Crippen molar-refractivity contribution < 1.29 is 4.74 Å². The summed E-state index contributed by atoms with van der Waals surface area (Å²) in [4.78, 5) is 16.9. The molecule has 3 aromatic rings. The molecule has 124 valence electrons.